The van der Waals surface area contributed by atoms with Crippen molar-refractivity contribution in [3.05, 3.63) is 0 Å². The van der Waals surface area contributed by atoms with Crippen molar-refractivity contribution in [2.75, 3.05) is 5.08 Å². The molecule has 0 radical (unpaired) electrons. The highest BCUT2D eigenvalue weighted by Crippen LogP contribution is 2.27. The molecule has 0 aliphatic rings. The minimum absolute atomic E-state index is 0.428. The molecule has 1 unspecified atom stereocenters. The minimum atomic E-state index is -4.60. The molecule has 0 spiro atoms. The van der Waals surface area contributed by atoms with Gasteiger partial charge in [-0.05, 0) is 11.8 Å². The molecule has 0 aromatic heterocycles. The van der Waals surface area contributed by atoms with Crippen LogP contribution in [0.4, 0.5) is 0 Å². The summed E-state index contributed by atoms with van der Waals surface area (Å²) >= 11 is 0. The number of hydrogen-bond acceptors (Lipinski definition) is 5. The Kier molecular flexibility index (Phi) is 5.58. The average molecular weight is 288 g/mol. The number of rotatable bonds is 6. The third kappa shape index (κ3) is 7.69. The molecular weight excluding hydrogens is 268 g/mol. The molecular formula is C9H20O6S2. The third-order valence-electron chi connectivity index (χ3n) is 2.07. The molecule has 0 bridgehead atoms. The van der Waals surface area contributed by atoms with Crippen LogP contribution in [0.2, 0.25) is 0 Å². The second-order valence-corrected chi connectivity index (χ2v) is 8.41. The van der Waals surface area contributed by atoms with Crippen LogP contribution in [0.15, 0.2) is 0 Å². The molecule has 0 amide bonds. The molecule has 6 nitrogen and oxygen atoms in total. The van der Waals surface area contributed by atoms with Crippen molar-refractivity contribution in [2.24, 2.45) is 5.41 Å². The zero-order chi connectivity index (χ0) is 13.9. The van der Waals surface area contributed by atoms with Crippen LogP contribution in [0.5, 0.6) is 0 Å². The molecule has 17 heavy (non-hydrogen) atoms. The Hall–Kier alpha value is -0.180. The molecule has 0 aliphatic heterocycles. The smallest absolute Gasteiger partial charge is 0.284 e. The molecule has 0 aliphatic carbocycles. The summed E-state index contributed by atoms with van der Waals surface area (Å²) in [5, 5.41) is -1.41. The second-order valence-electron chi connectivity index (χ2n) is 5.00. The van der Waals surface area contributed by atoms with Gasteiger partial charge in [0.05, 0.1) is 6.10 Å². The van der Waals surface area contributed by atoms with Gasteiger partial charge in [0.25, 0.3) is 20.2 Å². The van der Waals surface area contributed by atoms with E-state index in [0.717, 1.165) is 0 Å². The molecule has 104 valence electrons. The van der Waals surface area contributed by atoms with E-state index < -0.39 is 36.8 Å². The van der Waals surface area contributed by atoms with Crippen LogP contribution in [-0.4, -0.2) is 32.6 Å². The Morgan fingerprint density at radius 1 is 1.18 bits per heavy atom. The van der Waals surface area contributed by atoms with Crippen molar-refractivity contribution in [2.45, 2.75) is 46.6 Å². The van der Waals surface area contributed by atoms with Gasteiger partial charge in [0.15, 0.2) is 0 Å². The summed E-state index contributed by atoms with van der Waals surface area (Å²) in [4.78, 5) is 0. The quantitative estimate of drug-likeness (QED) is 0.586. The molecule has 0 rings (SSSR count). The van der Waals surface area contributed by atoms with Gasteiger partial charge >= 0.3 is 0 Å². The van der Waals surface area contributed by atoms with Crippen molar-refractivity contribution in [1.82, 2.24) is 0 Å². The van der Waals surface area contributed by atoms with Crippen LogP contribution in [0.3, 0.4) is 0 Å². The fourth-order valence-electron chi connectivity index (χ4n) is 1.27. The standard InChI is InChI=1S/C9H20O6S2/c1-5-6-8(9(2,3)4)15-17(13,14)7-16(10,11)12/h8H,5-7H2,1-4H3,(H,10,11,12). The van der Waals surface area contributed by atoms with E-state index in [9.17, 15) is 16.8 Å². The first-order valence-electron chi connectivity index (χ1n) is 5.23. The zero-order valence-corrected chi connectivity index (χ0v) is 12.1. The zero-order valence-electron chi connectivity index (χ0n) is 10.5. The van der Waals surface area contributed by atoms with E-state index in [2.05, 4.69) is 0 Å². The lowest BCUT2D eigenvalue weighted by molar-refractivity contribution is 0.0852. The van der Waals surface area contributed by atoms with Crippen LogP contribution in [0.1, 0.15) is 40.5 Å². The summed E-state index contributed by atoms with van der Waals surface area (Å²) in [6.07, 6.45) is 0.594. The summed E-state index contributed by atoms with van der Waals surface area (Å²) in [5.74, 6) is 0. The van der Waals surface area contributed by atoms with E-state index in [0.29, 0.717) is 12.8 Å². The van der Waals surface area contributed by atoms with Crippen molar-refractivity contribution in [3.63, 3.8) is 0 Å². The van der Waals surface area contributed by atoms with Crippen molar-refractivity contribution < 1.29 is 25.6 Å². The Bertz CT molecular complexity index is 429. The summed E-state index contributed by atoms with van der Waals surface area (Å²) in [6, 6.07) is 0. The fourth-order valence-corrected chi connectivity index (χ4v) is 3.70. The van der Waals surface area contributed by atoms with Gasteiger partial charge in [0.1, 0.15) is 0 Å². The van der Waals surface area contributed by atoms with Gasteiger partial charge in [-0.25, -0.2) is 0 Å². The van der Waals surface area contributed by atoms with Gasteiger partial charge in [-0.2, -0.15) is 16.8 Å². The maximum atomic E-state index is 11.4. The van der Waals surface area contributed by atoms with Gasteiger partial charge in [-0.15, -0.1) is 0 Å². The highest BCUT2D eigenvalue weighted by atomic mass is 32.3. The van der Waals surface area contributed by atoms with Gasteiger partial charge in [-0.1, -0.05) is 34.1 Å². The highest BCUT2D eigenvalue weighted by Gasteiger charge is 2.31. The summed E-state index contributed by atoms with van der Waals surface area (Å²) in [6.45, 7) is 7.28. The van der Waals surface area contributed by atoms with Crippen LogP contribution < -0.4 is 0 Å². The number of hydrogen-bond donors (Lipinski definition) is 1. The molecule has 1 N–H and O–H groups in total. The lowest BCUT2D eigenvalue weighted by atomic mass is 9.87. The van der Waals surface area contributed by atoms with E-state index in [1.807, 2.05) is 6.92 Å². The topological polar surface area (TPSA) is 97.7 Å². The monoisotopic (exact) mass is 288 g/mol. The Labute approximate surface area is 103 Å². The first kappa shape index (κ1) is 16.8. The summed E-state index contributed by atoms with van der Waals surface area (Å²) in [7, 11) is -8.88. The van der Waals surface area contributed by atoms with Gasteiger partial charge in [-0.3, -0.25) is 8.74 Å². The minimum Gasteiger partial charge on any atom is -0.285 e. The van der Waals surface area contributed by atoms with Crippen LogP contribution in [0.25, 0.3) is 0 Å². The van der Waals surface area contributed by atoms with Crippen molar-refractivity contribution in [1.29, 1.82) is 0 Å². The predicted octanol–water partition coefficient (Wildman–Crippen LogP) is 1.39. The van der Waals surface area contributed by atoms with E-state index in [-0.39, 0.29) is 0 Å². The first-order valence-corrected chi connectivity index (χ1v) is 8.42. The molecule has 0 aromatic carbocycles. The molecule has 1 atom stereocenters. The third-order valence-corrected chi connectivity index (χ3v) is 4.94. The van der Waals surface area contributed by atoms with Gasteiger partial charge in [0.2, 0.25) is 5.08 Å². The van der Waals surface area contributed by atoms with Crippen LogP contribution in [-0.2, 0) is 24.4 Å². The van der Waals surface area contributed by atoms with Crippen molar-refractivity contribution >= 4 is 20.2 Å². The lowest BCUT2D eigenvalue weighted by Gasteiger charge is -2.29. The summed E-state index contributed by atoms with van der Waals surface area (Å²) < 4.78 is 57.3. The maximum Gasteiger partial charge on any atom is 0.284 e. The fraction of sp³-hybridized carbons (Fsp3) is 1.00. The van der Waals surface area contributed by atoms with Crippen molar-refractivity contribution in [3.8, 4) is 0 Å². The van der Waals surface area contributed by atoms with E-state index in [4.69, 9.17) is 8.74 Å². The Morgan fingerprint density at radius 2 is 1.65 bits per heavy atom. The molecule has 8 heteroatoms. The van der Waals surface area contributed by atoms with E-state index >= 15 is 0 Å². The first-order chi connectivity index (χ1) is 7.37. The summed E-state index contributed by atoms with van der Waals surface area (Å²) in [5.41, 5.74) is -0.428. The molecule has 0 saturated carbocycles. The second kappa shape index (κ2) is 5.64. The SMILES string of the molecule is CCCC(OS(=O)(=O)CS(=O)(=O)O)C(C)(C)C. The molecule has 0 fully saturated rings. The van der Waals surface area contributed by atoms with Gasteiger partial charge < -0.3 is 0 Å². The lowest BCUT2D eigenvalue weighted by Crippen LogP contribution is -2.33. The molecule has 0 aromatic rings. The molecule has 0 heterocycles. The predicted molar refractivity (Wildman–Crippen MR) is 64.6 cm³/mol. The Balaban J connectivity index is 4.89. The maximum absolute atomic E-state index is 11.4. The van der Waals surface area contributed by atoms with Gasteiger partial charge in [0, 0.05) is 0 Å². The van der Waals surface area contributed by atoms with E-state index in [1.165, 1.54) is 0 Å². The normalized spacial score (nSPS) is 15.8. The average Bonchev–Trinajstić information content (AvgIpc) is 1.96. The largest absolute Gasteiger partial charge is 0.285 e. The van der Waals surface area contributed by atoms with E-state index in [1.54, 1.807) is 20.8 Å². The highest BCUT2D eigenvalue weighted by molar-refractivity contribution is 8.03. The van der Waals surface area contributed by atoms with Crippen LogP contribution in [0, 0.1) is 5.41 Å². The van der Waals surface area contributed by atoms with Crippen LogP contribution >= 0.6 is 0 Å². The molecule has 0 saturated heterocycles. The Morgan fingerprint density at radius 3 is 1.94 bits per heavy atom.